The number of rotatable bonds is 1. The summed E-state index contributed by atoms with van der Waals surface area (Å²) >= 11 is 1.45. The van der Waals surface area contributed by atoms with E-state index in [1.807, 2.05) is 6.07 Å². The Kier molecular flexibility index (Phi) is 2.35. The highest BCUT2D eigenvalue weighted by Crippen LogP contribution is 2.36. The predicted molar refractivity (Wildman–Crippen MR) is 51.8 cm³/mol. The van der Waals surface area contributed by atoms with Gasteiger partial charge in [-0.2, -0.15) is 0 Å². The zero-order chi connectivity index (χ0) is 8.39. The summed E-state index contributed by atoms with van der Waals surface area (Å²) in [4.78, 5) is 0. The molecule has 12 heavy (non-hydrogen) atoms. The van der Waals surface area contributed by atoms with E-state index in [4.69, 9.17) is 0 Å². The van der Waals surface area contributed by atoms with Crippen LogP contribution in [0.5, 0.6) is 5.06 Å². The molecule has 2 heteroatoms. The average Bonchev–Trinajstić information content (AvgIpc) is 2.54. The molecule has 66 valence electrons. The standard InChI is InChI=1S/C10H14OS/c11-10-6-9(7-12-10)8-4-2-1-3-5-8/h6-8,11H,1-5H2. The van der Waals surface area contributed by atoms with E-state index in [2.05, 4.69) is 5.38 Å². The first-order valence-electron chi connectivity index (χ1n) is 4.63. The maximum Gasteiger partial charge on any atom is 0.171 e. The fraction of sp³-hybridized carbons (Fsp3) is 0.600. The predicted octanol–water partition coefficient (Wildman–Crippen LogP) is 3.50. The molecular formula is C10H14OS. The normalized spacial score (nSPS) is 19.7. The van der Waals surface area contributed by atoms with Crippen LogP contribution >= 0.6 is 11.3 Å². The summed E-state index contributed by atoms with van der Waals surface area (Å²) in [6.07, 6.45) is 6.75. The van der Waals surface area contributed by atoms with Gasteiger partial charge in [0.25, 0.3) is 0 Å². The lowest BCUT2D eigenvalue weighted by Gasteiger charge is -2.20. The van der Waals surface area contributed by atoms with Gasteiger partial charge in [0.05, 0.1) is 0 Å². The van der Waals surface area contributed by atoms with Crippen molar-refractivity contribution in [1.82, 2.24) is 0 Å². The smallest absolute Gasteiger partial charge is 0.171 e. The lowest BCUT2D eigenvalue weighted by atomic mass is 9.85. The third-order valence-electron chi connectivity index (χ3n) is 2.68. The molecule has 0 saturated heterocycles. The van der Waals surface area contributed by atoms with Crippen LogP contribution in [0.1, 0.15) is 43.6 Å². The average molecular weight is 182 g/mol. The Bertz CT molecular complexity index is 248. The van der Waals surface area contributed by atoms with Crippen molar-refractivity contribution < 1.29 is 5.11 Å². The molecule has 0 aliphatic heterocycles. The summed E-state index contributed by atoms with van der Waals surface area (Å²) in [7, 11) is 0. The van der Waals surface area contributed by atoms with Crippen LogP contribution in [-0.4, -0.2) is 5.11 Å². The Balaban J connectivity index is 2.08. The second kappa shape index (κ2) is 3.48. The maximum absolute atomic E-state index is 9.20. The van der Waals surface area contributed by atoms with Crippen molar-refractivity contribution >= 4 is 11.3 Å². The van der Waals surface area contributed by atoms with Crippen LogP contribution < -0.4 is 0 Å². The highest BCUT2D eigenvalue weighted by atomic mass is 32.1. The number of hydrogen-bond acceptors (Lipinski definition) is 2. The van der Waals surface area contributed by atoms with E-state index in [9.17, 15) is 5.11 Å². The summed E-state index contributed by atoms with van der Waals surface area (Å²) in [5, 5.41) is 11.8. The summed E-state index contributed by atoms with van der Waals surface area (Å²) in [5.74, 6) is 0.732. The van der Waals surface area contributed by atoms with Gasteiger partial charge in [0.2, 0.25) is 0 Å². The van der Waals surface area contributed by atoms with Crippen molar-refractivity contribution in [2.75, 3.05) is 0 Å². The minimum absolute atomic E-state index is 0.468. The summed E-state index contributed by atoms with van der Waals surface area (Å²) in [6, 6.07) is 1.93. The molecule has 0 spiro atoms. The van der Waals surface area contributed by atoms with Crippen molar-refractivity contribution in [3.8, 4) is 5.06 Å². The van der Waals surface area contributed by atoms with Crippen LogP contribution in [0.2, 0.25) is 0 Å². The Morgan fingerprint density at radius 3 is 2.58 bits per heavy atom. The Morgan fingerprint density at radius 2 is 2.00 bits per heavy atom. The van der Waals surface area contributed by atoms with E-state index < -0.39 is 0 Å². The molecule has 1 fully saturated rings. The molecule has 1 heterocycles. The second-order valence-electron chi connectivity index (χ2n) is 3.55. The Labute approximate surface area is 77.0 Å². The molecule has 0 bridgehead atoms. The third-order valence-corrected chi connectivity index (χ3v) is 3.43. The van der Waals surface area contributed by atoms with E-state index in [-0.39, 0.29) is 0 Å². The molecule has 1 nitrogen and oxygen atoms in total. The number of hydrogen-bond donors (Lipinski definition) is 1. The van der Waals surface area contributed by atoms with Gasteiger partial charge in [-0.15, -0.1) is 11.3 Å². The van der Waals surface area contributed by atoms with E-state index in [1.54, 1.807) is 0 Å². The molecule has 1 N–H and O–H groups in total. The third kappa shape index (κ3) is 1.63. The van der Waals surface area contributed by atoms with Gasteiger partial charge in [0, 0.05) is 0 Å². The lowest BCUT2D eigenvalue weighted by Crippen LogP contribution is -2.02. The topological polar surface area (TPSA) is 20.2 Å². The molecule has 0 radical (unpaired) electrons. The van der Waals surface area contributed by atoms with Gasteiger partial charge < -0.3 is 5.11 Å². The molecule has 1 saturated carbocycles. The fourth-order valence-corrected chi connectivity index (χ4v) is 2.71. The highest BCUT2D eigenvalue weighted by molar-refractivity contribution is 7.11. The van der Waals surface area contributed by atoms with Crippen LogP contribution in [0.4, 0.5) is 0 Å². The quantitative estimate of drug-likeness (QED) is 0.704. The molecule has 0 unspecified atom stereocenters. The van der Waals surface area contributed by atoms with E-state index in [0.717, 1.165) is 5.92 Å². The Hall–Kier alpha value is -0.500. The van der Waals surface area contributed by atoms with E-state index in [1.165, 1.54) is 49.0 Å². The fourth-order valence-electron chi connectivity index (χ4n) is 1.99. The molecule has 1 aromatic heterocycles. The minimum Gasteiger partial charge on any atom is -0.499 e. The summed E-state index contributed by atoms with van der Waals surface area (Å²) in [6.45, 7) is 0. The van der Waals surface area contributed by atoms with Crippen molar-refractivity contribution in [3.63, 3.8) is 0 Å². The Morgan fingerprint density at radius 1 is 1.25 bits per heavy atom. The molecular weight excluding hydrogens is 168 g/mol. The maximum atomic E-state index is 9.20. The molecule has 0 amide bonds. The van der Waals surface area contributed by atoms with Gasteiger partial charge >= 0.3 is 0 Å². The van der Waals surface area contributed by atoms with E-state index >= 15 is 0 Å². The highest BCUT2D eigenvalue weighted by Gasteiger charge is 2.16. The molecule has 1 aliphatic carbocycles. The van der Waals surface area contributed by atoms with Crippen LogP contribution in [0, 0.1) is 0 Å². The van der Waals surface area contributed by atoms with Crippen molar-refractivity contribution in [3.05, 3.63) is 17.0 Å². The SMILES string of the molecule is Oc1cc(C2CCCCC2)cs1. The summed E-state index contributed by atoms with van der Waals surface area (Å²) < 4.78 is 0. The largest absolute Gasteiger partial charge is 0.499 e. The number of thiophene rings is 1. The molecule has 0 aromatic carbocycles. The first-order chi connectivity index (χ1) is 5.86. The lowest BCUT2D eigenvalue weighted by molar-refractivity contribution is 0.442. The van der Waals surface area contributed by atoms with Crippen LogP contribution in [0.15, 0.2) is 11.4 Å². The zero-order valence-electron chi connectivity index (χ0n) is 7.12. The van der Waals surface area contributed by atoms with Gasteiger partial charge in [0.1, 0.15) is 0 Å². The van der Waals surface area contributed by atoms with Crippen LogP contribution in [0.3, 0.4) is 0 Å². The van der Waals surface area contributed by atoms with Crippen molar-refractivity contribution in [1.29, 1.82) is 0 Å². The van der Waals surface area contributed by atoms with Crippen molar-refractivity contribution in [2.45, 2.75) is 38.0 Å². The van der Waals surface area contributed by atoms with E-state index in [0.29, 0.717) is 5.06 Å². The van der Waals surface area contributed by atoms with Gasteiger partial charge in [0.15, 0.2) is 5.06 Å². The first-order valence-corrected chi connectivity index (χ1v) is 5.51. The van der Waals surface area contributed by atoms with Gasteiger partial charge in [-0.1, -0.05) is 19.3 Å². The summed E-state index contributed by atoms with van der Waals surface area (Å²) in [5.41, 5.74) is 1.36. The second-order valence-corrected chi connectivity index (χ2v) is 4.44. The number of aromatic hydroxyl groups is 1. The minimum atomic E-state index is 0.468. The zero-order valence-corrected chi connectivity index (χ0v) is 7.94. The molecule has 1 aromatic rings. The van der Waals surface area contributed by atoms with Gasteiger partial charge in [-0.25, -0.2) is 0 Å². The van der Waals surface area contributed by atoms with Gasteiger partial charge in [-0.05, 0) is 35.8 Å². The van der Waals surface area contributed by atoms with Crippen LogP contribution in [0.25, 0.3) is 0 Å². The monoisotopic (exact) mass is 182 g/mol. The van der Waals surface area contributed by atoms with Crippen molar-refractivity contribution in [2.24, 2.45) is 0 Å². The molecule has 0 atom stereocenters. The van der Waals surface area contributed by atoms with Gasteiger partial charge in [-0.3, -0.25) is 0 Å². The van der Waals surface area contributed by atoms with Crippen LogP contribution in [-0.2, 0) is 0 Å². The molecule has 1 aliphatic rings. The molecule has 2 rings (SSSR count). The first kappa shape index (κ1) is 8.11.